The quantitative estimate of drug-likeness (QED) is 0.626. The first kappa shape index (κ1) is 10.8. The first-order chi connectivity index (χ1) is 7.70. The van der Waals surface area contributed by atoms with E-state index in [1.807, 2.05) is 0 Å². The molecule has 2 rings (SSSR count). The van der Waals surface area contributed by atoms with Crippen molar-refractivity contribution >= 4 is 11.7 Å². The van der Waals surface area contributed by atoms with E-state index in [0.29, 0.717) is 17.0 Å². The first-order valence-electron chi connectivity index (χ1n) is 5.35. The van der Waals surface area contributed by atoms with Crippen LogP contribution in [0.2, 0.25) is 0 Å². The van der Waals surface area contributed by atoms with Gasteiger partial charge in [0.1, 0.15) is 11.9 Å². The van der Waals surface area contributed by atoms with Gasteiger partial charge in [-0.1, -0.05) is 0 Å². The molecule has 0 saturated heterocycles. The van der Waals surface area contributed by atoms with Crippen molar-refractivity contribution in [2.24, 2.45) is 0 Å². The Morgan fingerprint density at radius 3 is 2.75 bits per heavy atom. The van der Waals surface area contributed by atoms with E-state index in [0.717, 1.165) is 19.3 Å². The summed E-state index contributed by atoms with van der Waals surface area (Å²) in [6.07, 6.45) is 3.11. The largest absolute Gasteiger partial charge is 0.497 e. The molecular formula is C12H15NO3. The zero-order valence-electron chi connectivity index (χ0n) is 9.23. The summed E-state index contributed by atoms with van der Waals surface area (Å²) in [6, 6.07) is 4.97. The van der Waals surface area contributed by atoms with Crippen molar-refractivity contribution in [1.29, 1.82) is 0 Å². The SMILES string of the molecule is COc1ccc(N)c(C(=O)OC2CCC2)c1. The van der Waals surface area contributed by atoms with Crippen molar-refractivity contribution in [3.8, 4) is 5.75 Å². The number of nitrogen functional groups attached to an aromatic ring is 1. The maximum absolute atomic E-state index is 11.8. The van der Waals surface area contributed by atoms with Gasteiger partial charge in [0, 0.05) is 5.69 Å². The van der Waals surface area contributed by atoms with Gasteiger partial charge < -0.3 is 15.2 Å². The fourth-order valence-corrected chi connectivity index (χ4v) is 1.54. The van der Waals surface area contributed by atoms with Crippen molar-refractivity contribution in [2.75, 3.05) is 12.8 Å². The lowest BCUT2D eigenvalue weighted by Crippen LogP contribution is -2.25. The van der Waals surface area contributed by atoms with Crippen LogP contribution in [-0.4, -0.2) is 19.2 Å². The highest BCUT2D eigenvalue weighted by atomic mass is 16.5. The van der Waals surface area contributed by atoms with E-state index in [-0.39, 0.29) is 12.1 Å². The Bertz CT molecular complexity index is 399. The molecule has 0 spiro atoms. The van der Waals surface area contributed by atoms with Crippen molar-refractivity contribution in [1.82, 2.24) is 0 Å². The number of carbonyl (C=O) groups is 1. The fourth-order valence-electron chi connectivity index (χ4n) is 1.54. The first-order valence-corrected chi connectivity index (χ1v) is 5.35. The molecule has 1 aromatic carbocycles. The Morgan fingerprint density at radius 1 is 1.44 bits per heavy atom. The predicted molar refractivity (Wildman–Crippen MR) is 60.5 cm³/mol. The number of benzene rings is 1. The molecule has 0 atom stereocenters. The number of carbonyl (C=O) groups excluding carboxylic acids is 1. The number of anilines is 1. The molecule has 86 valence electrons. The second kappa shape index (κ2) is 4.43. The van der Waals surface area contributed by atoms with Gasteiger partial charge in [0.25, 0.3) is 0 Å². The third-order valence-corrected chi connectivity index (χ3v) is 2.81. The summed E-state index contributed by atoms with van der Waals surface area (Å²) in [5.41, 5.74) is 6.53. The Kier molecular flexibility index (Phi) is 2.99. The number of hydrogen-bond donors (Lipinski definition) is 1. The van der Waals surface area contributed by atoms with Crippen LogP contribution >= 0.6 is 0 Å². The predicted octanol–water partition coefficient (Wildman–Crippen LogP) is 1.99. The van der Waals surface area contributed by atoms with Gasteiger partial charge in [-0.25, -0.2) is 4.79 Å². The topological polar surface area (TPSA) is 61.5 Å². The lowest BCUT2D eigenvalue weighted by atomic mass is 9.96. The van der Waals surface area contributed by atoms with Crippen LogP contribution in [0.1, 0.15) is 29.6 Å². The van der Waals surface area contributed by atoms with Gasteiger partial charge in [-0.2, -0.15) is 0 Å². The molecule has 16 heavy (non-hydrogen) atoms. The van der Waals surface area contributed by atoms with Crippen LogP contribution in [-0.2, 0) is 4.74 Å². The fraction of sp³-hybridized carbons (Fsp3) is 0.417. The highest BCUT2D eigenvalue weighted by Gasteiger charge is 2.23. The minimum absolute atomic E-state index is 0.0677. The van der Waals surface area contributed by atoms with Crippen molar-refractivity contribution in [3.63, 3.8) is 0 Å². The number of rotatable bonds is 3. The summed E-state index contributed by atoms with van der Waals surface area (Å²) in [4.78, 5) is 11.8. The van der Waals surface area contributed by atoms with Gasteiger partial charge >= 0.3 is 5.97 Å². The summed E-state index contributed by atoms with van der Waals surface area (Å²) in [5.74, 6) is 0.246. The number of nitrogens with two attached hydrogens (primary N) is 1. The maximum Gasteiger partial charge on any atom is 0.340 e. The molecular weight excluding hydrogens is 206 g/mol. The molecule has 1 aliphatic carbocycles. The van der Waals surface area contributed by atoms with E-state index in [9.17, 15) is 4.79 Å². The lowest BCUT2D eigenvalue weighted by molar-refractivity contribution is 0.00910. The molecule has 4 nitrogen and oxygen atoms in total. The molecule has 0 aromatic heterocycles. The zero-order valence-corrected chi connectivity index (χ0v) is 9.23. The average Bonchev–Trinajstić information content (AvgIpc) is 2.24. The van der Waals surface area contributed by atoms with Crippen molar-refractivity contribution < 1.29 is 14.3 Å². The van der Waals surface area contributed by atoms with Gasteiger partial charge in [-0.05, 0) is 37.5 Å². The molecule has 1 saturated carbocycles. The number of ether oxygens (including phenoxy) is 2. The summed E-state index contributed by atoms with van der Waals surface area (Å²) in [5, 5.41) is 0. The molecule has 1 aliphatic rings. The summed E-state index contributed by atoms with van der Waals surface area (Å²) in [7, 11) is 1.55. The smallest absolute Gasteiger partial charge is 0.340 e. The Balaban J connectivity index is 2.13. The molecule has 4 heteroatoms. The Morgan fingerprint density at radius 2 is 2.19 bits per heavy atom. The van der Waals surface area contributed by atoms with Gasteiger partial charge in [-0.3, -0.25) is 0 Å². The van der Waals surface area contributed by atoms with E-state index >= 15 is 0 Å². The summed E-state index contributed by atoms with van der Waals surface area (Å²) < 4.78 is 10.3. The highest BCUT2D eigenvalue weighted by molar-refractivity contribution is 5.95. The normalized spacial score (nSPS) is 15.3. The number of esters is 1. The van der Waals surface area contributed by atoms with Crippen LogP contribution in [0.5, 0.6) is 5.75 Å². The van der Waals surface area contributed by atoms with Crippen LogP contribution in [0.25, 0.3) is 0 Å². The maximum atomic E-state index is 11.8. The van der Waals surface area contributed by atoms with E-state index < -0.39 is 0 Å². The zero-order chi connectivity index (χ0) is 11.5. The minimum Gasteiger partial charge on any atom is -0.497 e. The van der Waals surface area contributed by atoms with Crippen LogP contribution in [0.4, 0.5) is 5.69 Å². The van der Waals surface area contributed by atoms with Crippen molar-refractivity contribution in [3.05, 3.63) is 23.8 Å². The van der Waals surface area contributed by atoms with Gasteiger partial charge in [0.05, 0.1) is 12.7 Å². The van der Waals surface area contributed by atoms with E-state index in [1.165, 1.54) is 0 Å². The van der Waals surface area contributed by atoms with Gasteiger partial charge in [0.2, 0.25) is 0 Å². The standard InChI is InChI=1S/C12H15NO3/c1-15-9-5-6-11(13)10(7-9)12(14)16-8-3-2-4-8/h5-8H,2-4,13H2,1H3. The van der Waals surface area contributed by atoms with Crippen molar-refractivity contribution in [2.45, 2.75) is 25.4 Å². The van der Waals surface area contributed by atoms with E-state index in [1.54, 1.807) is 25.3 Å². The molecule has 0 radical (unpaired) electrons. The summed E-state index contributed by atoms with van der Waals surface area (Å²) >= 11 is 0. The average molecular weight is 221 g/mol. The Labute approximate surface area is 94.3 Å². The third-order valence-electron chi connectivity index (χ3n) is 2.81. The minimum atomic E-state index is -0.360. The monoisotopic (exact) mass is 221 g/mol. The van der Waals surface area contributed by atoms with Crippen LogP contribution in [0, 0.1) is 0 Å². The van der Waals surface area contributed by atoms with Crippen LogP contribution < -0.4 is 10.5 Å². The molecule has 1 aromatic rings. The lowest BCUT2D eigenvalue weighted by Gasteiger charge is -2.25. The second-order valence-electron chi connectivity index (χ2n) is 3.91. The molecule has 0 aliphatic heterocycles. The van der Waals surface area contributed by atoms with E-state index in [4.69, 9.17) is 15.2 Å². The van der Waals surface area contributed by atoms with Crippen LogP contribution in [0.15, 0.2) is 18.2 Å². The molecule has 2 N–H and O–H groups in total. The molecule has 0 amide bonds. The van der Waals surface area contributed by atoms with Gasteiger partial charge in [0.15, 0.2) is 0 Å². The number of hydrogen-bond acceptors (Lipinski definition) is 4. The number of methoxy groups -OCH3 is 1. The highest BCUT2D eigenvalue weighted by Crippen LogP contribution is 2.26. The van der Waals surface area contributed by atoms with Crippen LogP contribution in [0.3, 0.4) is 0 Å². The van der Waals surface area contributed by atoms with Gasteiger partial charge in [-0.15, -0.1) is 0 Å². The molecule has 0 heterocycles. The molecule has 1 fully saturated rings. The third kappa shape index (κ3) is 2.10. The Hall–Kier alpha value is -1.71. The van der Waals surface area contributed by atoms with E-state index in [2.05, 4.69) is 0 Å². The second-order valence-corrected chi connectivity index (χ2v) is 3.91. The summed E-state index contributed by atoms with van der Waals surface area (Å²) in [6.45, 7) is 0. The molecule has 0 bridgehead atoms. The molecule has 0 unspecified atom stereocenters.